The number of rotatable bonds is 13. The number of H-pyrrole nitrogens is 1. The SMILES string of the molecule is CCOCCCN(CCO)S(=O)(=O)c1ccc(OCC)c(-c2nn3c(C4CCCCCC4)nc(C)c3c(=O)[nH]2)c1. The Bertz CT molecular complexity index is 1440. The summed E-state index contributed by atoms with van der Waals surface area (Å²) in [5, 5.41) is 14.4. The maximum absolute atomic E-state index is 13.6. The average Bonchev–Trinajstić information content (AvgIpc) is 3.09. The molecule has 0 saturated heterocycles. The minimum atomic E-state index is -3.97. The van der Waals surface area contributed by atoms with Crippen molar-refractivity contribution in [2.75, 3.05) is 39.5 Å². The highest BCUT2D eigenvalue weighted by Crippen LogP contribution is 2.34. The molecule has 12 heteroatoms. The molecule has 0 aliphatic heterocycles. The number of hydrogen-bond acceptors (Lipinski definition) is 8. The van der Waals surface area contributed by atoms with Gasteiger partial charge in [-0.2, -0.15) is 4.31 Å². The standard InChI is InChI=1S/C28H41N5O6S/c1-4-38-18-10-15-32(16-17-34)40(36,37)22-13-14-24(39-5-2)23(19-22)26-30-28(35)25-20(3)29-27(33(25)31-26)21-11-8-6-7-9-12-21/h13-14,19,21,34H,4-12,15-18H2,1-3H3,(H,30,31,35). The number of aliphatic hydroxyl groups is 1. The first-order valence-electron chi connectivity index (χ1n) is 14.3. The molecule has 0 bridgehead atoms. The lowest BCUT2D eigenvalue weighted by Crippen LogP contribution is -2.35. The minimum Gasteiger partial charge on any atom is -0.493 e. The van der Waals surface area contributed by atoms with Crippen LogP contribution in [0.2, 0.25) is 0 Å². The van der Waals surface area contributed by atoms with E-state index in [1.807, 2.05) is 20.8 Å². The molecule has 2 heterocycles. The number of aliphatic hydroxyl groups excluding tert-OH is 1. The Morgan fingerprint density at radius 3 is 2.55 bits per heavy atom. The van der Waals surface area contributed by atoms with Gasteiger partial charge >= 0.3 is 0 Å². The first kappa shape index (κ1) is 30.2. The van der Waals surface area contributed by atoms with Crippen molar-refractivity contribution in [1.29, 1.82) is 0 Å². The zero-order chi connectivity index (χ0) is 28.7. The van der Waals surface area contributed by atoms with E-state index in [9.17, 15) is 18.3 Å². The van der Waals surface area contributed by atoms with Gasteiger partial charge in [0.05, 0.1) is 29.4 Å². The molecule has 0 spiro atoms. The van der Waals surface area contributed by atoms with Crippen LogP contribution in [0.5, 0.6) is 5.75 Å². The third kappa shape index (κ3) is 6.56. The zero-order valence-electron chi connectivity index (χ0n) is 23.7. The Hall–Kier alpha value is -2.80. The predicted octanol–water partition coefficient (Wildman–Crippen LogP) is 3.64. The average molecular weight is 576 g/mol. The summed E-state index contributed by atoms with van der Waals surface area (Å²) in [5.74, 6) is 1.58. The summed E-state index contributed by atoms with van der Waals surface area (Å²) in [7, 11) is -3.97. The van der Waals surface area contributed by atoms with Crippen LogP contribution in [0.4, 0.5) is 0 Å². The number of benzene rings is 1. The summed E-state index contributed by atoms with van der Waals surface area (Å²) in [6.07, 6.45) is 7.07. The number of aryl methyl sites for hydroxylation is 1. The van der Waals surface area contributed by atoms with Crippen LogP contribution in [-0.4, -0.2) is 76.9 Å². The molecule has 2 aromatic heterocycles. The Labute approximate surface area is 235 Å². The lowest BCUT2D eigenvalue weighted by molar-refractivity contribution is 0.138. The maximum atomic E-state index is 13.6. The summed E-state index contributed by atoms with van der Waals surface area (Å²) in [4.78, 5) is 20.9. The van der Waals surface area contributed by atoms with E-state index in [1.165, 1.54) is 29.3 Å². The second-order valence-electron chi connectivity index (χ2n) is 10.1. The maximum Gasteiger partial charge on any atom is 0.277 e. The predicted molar refractivity (Wildman–Crippen MR) is 152 cm³/mol. The second-order valence-corrected chi connectivity index (χ2v) is 12.0. The van der Waals surface area contributed by atoms with E-state index in [0.717, 1.165) is 31.5 Å². The van der Waals surface area contributed by atoms with Gasteiger partial charge in [0.1, 0.15) is 11.6 Å². The normalized spacial score (nSPS) is 15.1. The van der Waals surface area contributed by atoms with Crippen molar-refractivity contribution in [2.45, 2.75) is 76.5 Å². The van der Waals surface area contributed by atoms with E-state index in [2.05, 4.69) is 4.98 Å². The van der Waals surface area contributed by atoms with Gasteiger partial charge in [-0.1, -0.05) is 25.7 Å². The largest absolute Gasteiger partial charge is 0.493 e. The number of nitrogens with zero attached hydrogens (tertiary/aromatic N) is 4. The van der Waals surface area contributed by atoms with E-state index in [-0.39, 0.29) is 41.9 Å². The van der Waals surface area contributed by atoms with Crippen LogP contribution in [0, 0.1) is 6.92 Å². The Kier molecular flexibility index (Phi) is 10.3. The molecule has 1 aliphatic carbocycles. The molecule has 0 unspecified atom stereocenters. The molecule has 1 fully saturated rings. The fourth-order valence-corrected chi connectivity index (χ4v) is 6.85. The molecule has 0 radical (unpaired) electrons. The van der Waals surface area contributed by atoms with Crippen LogP contribution in [0.1, 0.15) is 76.2 Å². The van der Waals surface area contributed by atoms with Crippen LogP contribution < -0.4 is 10.3 Å². The summed E-state index contributed by atoms with van der Waals surface area (Å²) in [6, 6.07) is 4.54. The van der Waals surface area contributed by atoms with Gasteiger partial charge in [0.2, 0.25) is 10.0 Å². The van der Waals surface area contributed by atoms with Crippen molar-refractivity contribution >= 4 is 15.5 Å². The first-order chi connectivity index (χ1) is 19.3. The fourth-order valence-electron chi connectivity index (χ4n) is 5.35. The van der Waals surface area contributed by atoms with E-state index >= 15 is 0 Å². The van der Waals surface area contributed by atoms with E-state index < -0.39 is 10.0 Å². The first-order valence-corrected chi connectivity index (χ1v) is 15.7. The molecule has 1 aromatic carbocycles. The number of aromatic nitrogens is 4. The molecule has 1 aliphatic rings. The molecule has 1 saturated carbocycles. The molecule has 0 atom stereocenters. The van der Waals surface area contributed by atoms with Crippen molar-refractivity contribution in [1.82, 2.24) is 23.9 Å². The number of ether oxygens (including phenoxy) is 2. The van der Waals surface area contributed by atoms with Crippen LogP contribution in [0.15, 0.2) is 27.9 Å². The highest BCUT2D eigenvalue weighted by molar-refractivity contribution is 7.89. The molecule has 40 heavy (non-hydrogen) atoms. The second kappa shape index (κ2) is 13.7. The summed E-state index contributed by atoms with van der Waals surface area (Å²) < 4.78 is 41.4. The lowest BCUT2D eigenvalue weighted by atomic mass is 10.00. The topological polar surface area (TPSA) is 139 Å². The number of aromatic amines is 1. The quantitative estimate of drug-likeness (QED) is 0.233. The lowest BCUT2D eigenvalue weighted by Gasteiger charge is -2.22. The smallest absolute Gasteiger partial charge is 0.277 e. The van der Waals surface area contributed by atoms with Gasteiger partial charge in [0, 0.05) is 32.2 Å². The zero-order valence-corrected chi connectivity index (χ0v) is 24.5. The monoisotopic (exact) mass is 575 g/mol. The number of sulfonamides is 1. The van der Waals surface area contributed by atoms with Crippen LogP contribution in [0.3, 0.4) is 0 Å². The van der Waals surface area contributed by atoms with Crippen molar-refractivity contribution in [3.8, 4) is 17.1 Å². The van der Waals surface area contributed by atoms with E-state index in [1.54, 1.807) is 10.6 Å². The Morgan fingerprint density at radius 1 is 1.12 bits per heavy atom. The highest BCUT2D eigenvalue weighted by atomic mass is 32.2. The van der Waals surface area contributed by atoms with E-state index in [0.29, 0.717) is 48.8 Å². The van der Waals surface area contributed by atoms with Crippen LogP contribution in [-0.2, 0) is 14.8 Å². The summed E-state index contributed by atoms with van der Waals surface area (Å²) >= 11 is 0. The highest BCUT2D eigenvalue weighted by Gasteiger charge is 2.27. The molecule has 2 N–H and O–H groups in total. The molecule has 11 nitrogen and oxygen atoms in total. The Morgan fingerprint density at radius 2 is 1.88 bits per heavy atom. The molecule has 3 aromatic rings. The number of imidazole rings is 1. The number of hydrogen-bond donors (Lipinski definition) is 2. The van der Waals surface area contributed by atoms with Crippen molar-refractivity contribution in [2.24, 2.45) is 0 Å². The molecular formula is C28H41N5O6S. The van der Waals surface area contributed by atoms with Crippen molar-refractivity contribution in [3.63, 3.8) is 0 Å². The number of fused-ring (bicyclic) bond motifs is 1. The van der Waals surface area contributed by atoms with Gasteiger partial charge in [-0.3, -0.25) is 4.79 Å². The number of nitrogens with one attached hydrogen (secondary N) is 1. The molecular weight excluding hydrogens is 534 g/mol. The van der Waals surface area contributed by atoms with Gasteiger partial charge in [-0.15, -0.1) is 5.10 Å². The van der Waals surface area contributed by atoms with Gasteiger partial charge < -0.3 is 19.6 Å². The molecule has 220 valence electrons. The van der Waals surface area contributed by atoms with Gasteiger partial charge in [-0.05, 0) is 58.2 Å². The van der Waals surface area contributed by atoms with Crippen molar-refractivity contribution < 1.29 is 23.0 Å². The van der Waals surface area contributed by atoms with Gasteiger partial charge in [-0.25, -0.2) is 17.9 Å². The molecule has 4 rings (SSSR count). The molecule has 0 amide bonds. The van der Waals surface area contributed by atoms with Crippen LogP contribution >= 0.6 is 0 Å². The Balaban J connectivity index is 1.80. The van der Waals surface area contributed by atoms with Crippen molar-refractivity contribution in [3.05, 3.63) is 40.1 Å². The third-order valence-electron chi connectivity index (χ3n) is 7.31. The van der Waals surface area contributed by atoms with E-state index in [4.69, 9.17) is 19.6 Å². The summed E-state index contributed by atoms with van der Waals surface area (Å²) in [6.45, 7) is 6.67. The van der Waals surface area contributed by atoms with Gasteiger partial charge in [0.15, 0.2) is 11.3 Å². The minimum absolute atomic E-state index is 0.0179. The fraction of sp³-hybridized carbons (Fsp3) is 0.607. The third-order valence-corrected chi connectivity index (χ3v) is 9.21. The van der Waals surface area contributed by atoms with Crippen LogP contribution in [0.25, 0.3) is 16.9 Å². The summed E-state index contributed by atoms with van der Waals surface area (Å²) in [5.41, 5.74) is 1.03. The van der Waals surface area contributed by atoms with Gasteiger partial charge in [0.25, 0.3) is 5.56 Å².